The van der Waals surface area contributed by atoms with E-state index in [1.165, 1.54) is 65.9 Å². The molecule has 1 aliphatic rings. The van der Waals surface area contributed by atoms with Crippen LogP contribution in [0.15, 0.2) is 194 Å². The molecular weight excluding hydrogens is 717 g/mol. The molecule has 3 aromatic heterocycles. The van der Waals surface area contributed by atoms with Crippen LogP contribution in [0.5, 0.6) is 0 Å². The van der Waals surface area contributed by atoms with Crippen LogP contribution in [0.4, 0.5) is 0 Å². The molecule has 0 saturated heterocycles. The Morgan fingerprint density at radius 3 is 1.58 bits per heavy atom. The molecule has 12 rings (SSSR count). The number of hydrogen-bond acceptors (Lipinski definition) is 2. The van der Waals surface area contributed by atoms with Gasteiger partial charge in [0, 0.05) is 60.6 Å². The highest BCUT2D eigenvalue weighted by Gasteiger charge is 2.41. The van der Waals surface area contributed by atoms with Gasteiger partial charge in [-0.2, -0.15) is 0 Å². The van der Waals surface area contributed by atoms with Crippen LogP contribution in [0, 0.1) is 0 Å². The van der Waals surface area contributed by atoms with Crippen molar-refractivity contribution in [2.45, 2.75) is 19.3 Å². The Labute approximate surface area is 342 Å². The molecule has 0 saturated carbocycles. The van der Waals surface area contributed by atoms with E-state index in [9.17, 15) is 0 Å². The van der Waals surface area contributed by atoms with Crippen molar-refractivity contribution in [2.75, 3.05) is 0 Å². The lowest BCUT2D eigenvalue weighted by atomic mass is 9.80. The normalized spacial score (nSPS) is 13.1. The van der Waals surface area contributed by atoms with Crippen LogP contribution in [0.3, 0.4) is 0 Å². The molecule has 0 radical (unpaired) electrons. The largest absolute Gasteiger partial charge is 0.309 e. The van der Waals surface area contributed by atoms with Crippen LogP contribution in [0.25, 0.3) is 100 Å². The van der Waals surface area contributed by atoms with Crippen LogP contribution in [0.1, 0.15) is 25.0 Å². The number of aromatic nitrogens is 4. The summed E-state index contributed by atoms with van der Waals surface area (Å²) in [6, 6.07) is 69.6. The van der Waals surface area contributed by atoms with Gasteiger partial charge in [0.05, 0.1) is 33.5 Å². The van der Waals surface area contributed by atoms with E-state index in [1.807, 2.05) is 24.3 Å². The third-order valence-corrected chi connectivity index (χ3v) is 12.5. The molecule has 0 bridgehead atoms. The van der Waals surface area contributed by atoms with Gasteiger partial charge in [-0.05, 0) is 59.2 Å². The van der Waals surface area contributed by atoms with Crippen molar-refractivity contribution in [3.63, 3.8) is 0 Å². The lowest BCUT2D eigenvalue weighted by molar-refractivity contribution is 0.667. The van der Waals surface area contributed by atoms with Gasteiger partial charge in [-0.15, -0.1) is 0 Å². The lowest BCUT2D eigenvalue weighted by Gasteiger charge is -2.23. The second-order valence-corrected chi connectivity index (χ2v) is 16.1. The molecule has 3 heterocycles. The molecule has 0 amide bonds. The fourth-order valence-electron chi connectivity index (χ4n) is 9.92. The second kappa shape index (κ2) is 12.7. The van der Waals surface area contributed by atoms with Gasteiger partial charge in [0.25, 0.3) is 0 Å². The Bertz CT molecular complexity index is 3370. The number of benzene rings is 8. The third-order valence-electron chi connectivity index (χ3n) is 12.5. The average molecular weight is 755 g/mol. The zero-order valence-corrected chi connectivity index (χ0v) is 32.8. The van der Waals surface area contributed by atoms with E-state index >= 15 is 0 Å². The molecule has 8 aromatic carbocycles. The van der Waals surface area contributed by atoms with Gasteiger partial charge >= 0.3 is 0 Å². The fourth-order valence-corrected chi connectivity index (χ4v) is 9.92. The Morgan fingerprint density at radius 2 is 0.915 bits per heavy atom. The summed E-state index contributed by atoms with van der Waals surface area (Å²) in [6.45, 7) is 4.82. The lowest BCUT2D eigenvalue weighted by Crippen LogP contribution is -2.15. The van der Waals surface area contributed by atoms with E-state index in [-0.39, 0.29) is 5.41 Å². The third kappa shape index (κ3) is 4.90. The fraction of sp³-hybridized carbons (Fsp3) is 0.0545. The van der Waals surface area contributed by atoms with Gasteiger partial charge in [-0.25, -0.2) is 9.97 Å². The maximum absolute atomic E-state index is 5.15. The smallest absolute Gasteiger partial charge is 0.160 e. The molecule has 4 heteroatoms. The highest BCUT2D eigenvalue weighted by atomic mass is 15.0. The van der Waals surface area contributed by atoms with Crippen molar-refractivity contribution < 1.29 is 0 Å². The SMILES string of the molecule is CC1(C)c2ccccc2-c2c1c1c3ccccc3n(-c3ccc(-c4cc(-c5ccccc5)nc(-c5ccccc5)n4)cc3)c1c1c3ccccc3n(-c3ccccc3)c21. The van der Waals surface area contributed by atoms with E-state index in [4.69, 9.17) is 9.97 Å². The number of rotatable bonds is 5. The quantitative estimate of drug-likeness (QED) is 0.175. The predicted octanol–water partition coefficient (Wildman–Crippen LogP) is 14.0. The molecule has 59 heavy (non-hydrogen) atoms. The summed E-state index contributed by atoms with van der Waals surface area (Å²) in [5, 5.41) is 5.09. The molecule has 0 spiro atoms. The zero-order chi connectivity index (χ0) is 39.2. The Balaban J connectivity index is 1.17. The molecule has 4 nitrogen and oxygen atoms in total. The number of fused-ring (bicyclic) bond motifs is 12. The number of nitrogens with zero attached hydrogens (tertiary/aromatic N) is 4. The Hall–Kier alpha value is -7.56. The summed E-state index contributed by atoms with van der Waals surface area (Å²) in [5.41, 5.74) is 17.2. The average Bonchev–Trinajstić information content (AvgIpc) is 3.90. The first kappa shape index (κ1) is 33.6. The zero-order valence-electron chi connectivity index (χ0n) is 32.8. The summed E-state index contributed by atoms with van der Waals surface area (Å²) < 4.78 is 5.03. The predicted molar refractivity (Wildman–Crippen MR) is 245 cm³/mol. The van der Waals surface area contributed by atoms with Crippen LogP contribution in [0.2, 0.25) is 0 Å². The van der Waals surface area contributed by atoms with Crippen molar-refractivity contribution in [3.8, 4) is 56.4 Å². The Kier molecular flexibility index (Phi) is 7.24. The van der Waals surface area contributed by atoms with Crippen molar-refractivity contribution in [2.24, 2.45) is 0 Å². The first-order valence-corrected chi connectivity index (χ1v) is 20.3. The van der Waals surface area contributed by atoms with Gasteiger partial charge in [0.1, 0.15) is 0 Å². The Morgan fingerprint density at radius 1 is 0.424 bits per heavy atom. The summed E-state index contributed by atoms with van der Waals surface area (Å²) in [4.78, 5) is 10.2. The molecular formula is C55H38N4. The van der Waals surface area contributed by atoms with Gasteiger partial charge < -0.3 is 9.13 Å². The maximum Gasteiger partial charge on any atom is 0.160 e. The summed E-state index contributed by atoms with van der Waals surface area (Å²) in [5.74, 6) is 0.711. The minimum atomic E-state index is -0.241. The van der Waals surface area contributed by atoms with Gasteiger partial charge in [-0.3, -0.25) is 0 Å². The minimum Gasteiger partial charge on any atom is -0.309 e. The van der Waals surface area contributed by atoms with Crippen LogP contribution >= 0.6 is 0 Å². The van der Waals surface area contributed by atoms with Crippen LogP contribution in [-0.4, -0.2) is 19.1 Å². The van der Waals surface area contributed by atoms with Crippen LogP contribution in [-0.2, 0) is 5.41 Å². The summed E-state index contributed by atoms with van der Waals surface area (Å²) >= 11 is 0. The molecule has 0 N–H and O–H groups in total. The van der Waals surface area contributed by atoms with E-state index in [2.05, 4.69) is 193 Å². The number of para-hydroxylation sites is 3. The molecule has 0 unspecified atom stereocenters. The van der Waals surface area contributed by atoms with E-state index < -0.39 is 0 Å². The molecule has 1 aliphatic carbocycles. The van der Waals surface area contributed by atoms with Gasteiger partial charge in [-0.1, -0.05) is 166 Å². The monoisotopic (exact) mass is 754 g/mol. The molecule has 11 aromatic rings. The van der Waals surface area contributed by atoms with E-state index in [0.29, 0.717) is 5.82 Å². The van der Waals surface area contributed by atoms with Gasteiger partial charge in [0.15, 0.2) is 5.82 Å². The first-order valence-electron chi connectivity index (χ1n) is 20.3. The van der Waals surface area contributed by atoms with Crippen molar-refractivity contribution >= 4 is 43.6 Å². The summed E-state index contributed by atoms with van der Waals surface area (Å²) in [6.07, 6.45) is 0. The second-order valence-electron chi connectivity index (χ2n) is 16.1. The van der Waals surface area contributed by atoms with Crippen molar-refractivity contribution in [3.05, 3.63) is 205 Å². The maximum atomic E-state index is 5.15. The molecule has 0 aliphatic heterocycles. The standard InChI is InChI=1S/C55H38N4/c1-55(2)43-27-15-12-24-40(43)48-51(55)49-41-25-13-16-28-46(41)59(53(49)50-42-26-14-17-29-47(42)58(52(48)50)38-22-10-5-11-23-38)39-32-30-36(31-33-39)45-34-44(35-18-6-3-7-19-35)56-54(57-45)37-20-8-4-9-21-37/h3-34H,1-2H3. The van der Waals surface area contributed by atoms with E-state index in [1.54, 1.807) is 0 Å². The summed E-state index contributed by atoms with van der Waals surface area (Å²) in [7, 11) is 0. The highest BCUT2D eigenvalue weighted by molar-refractivity contribution is 6.31. The molecule has 0 fully saturated rings. The minimum absolute atomic E-state index is 0.241. The number of hydrogen-bond donors (Lipinski definition) is 0. The topological polar surface area (TPSA) is 35.6 Å². The first-order chi connectivity index (χ1) is 29.1. The highest BCUT2D eigenvalue weighted by Crippen LogP contribution is 2.58. The van der Waals surface area contributed by atoms with Crippen molar-refractivity contribution in [1.29, 1.82) is 0 Å². The van der Waals surface area contributed by atoms with E-state index in [0.717, 1.165) is 39.5 Å². The molecule has 0 atom stereocenters. The molecule has 278 valence electrons. The van der Waals surface area contributed by atoms with Gasteiger partial charge in [0.2, 0.25) is 0 Å². The van der Waals surface area contributed by atoms with Crippen LogP contribution < -0.4 is 0 Å². The van der Waals surface area contributed by atoms with Crippen molar-refractivity contribution in [1.82, 2.24) is 19.1 Å².